The van der Waals surface area contributed by atoms with E-state index in [-0.39, 0.29) is 28.6 Å². The number of hydrogen-bond donors (Lipinski definition) is 5. The average molecular weight is 596 g/mol. The highest BCUT2D eigenvalue weighted by atomic mass is 16.5. The smallest absolute Gasteiger partial charge is 0.328 e. The number of carboxylic acids is 1. The Hall–Kier alpha value is -2.83. The van der Waals surface area contributed by atoms with E-state index in [1.165, 1.54) is 0 Å². The predicted octanol–water partition coefficient (Wildman–Crippen LogP) is 4.14. The Bertz CT molecular complexity index is 999. The van der Waals surface area contributed by atoms with Gasteiger partial charge in [0.05, 0.1) is 17.8 Å². The lowest BCUT2D eigenvalue weighted by Crippen LogP contribution is -2.44. The molecule has 0 saturated carbocycles. The lowest BCUT2D eigenvalue weighted by atomic mass is 10.0. The summed E-state index contributed by atoms with van der Waals surface area (Å²) in [6, 6.07) is -1.53. The molecule has 1 aromatic rings. The fraction of sp³-hybridized carbons (Fsp3) is 0.767. The molecular formula is C30H53N5O7. The number of rotatable bonds is 22. The van der Waals surface area contributed by atoms with Crippen LogP contribution < -0.4 is 16.0 Å². The molecule has 5 N–H and O–H groups in total. The molecule has 0 bridgehead atoms. The number of ether oxygens (including phenoxy) is 2. The first-order valence-corrected chi connectivity index (χ1v) is 14.9. The lowest BCUT2D eigenvalue weighted by Gasteiger charge is -2.26. The van der Waals surface area contributed by atoms with Crippen molar-refractivity contribution < 1.29 is 34.1 Å². The maximum atomic E-state index is 13.1. The maximum absolute atomic E-state index is 13.1. The highest BCUT2D eigenvalue weighted by Gasteiger charge is 2.26. The van der Waals surface area contributed by atoms with Crippen molar-refractivity contribution in [3.63, 3.8) is 0 Å². The van der Waals surface area contributed by atoms with Crippen LogP contribution in [0.15, 0.2) is 0 Å². The van der Waals surface area contributed by atoms with E-state index < -0.39 is 30.1 Å². The van der Waals surface area contributed by atoms with Crippen molar-refractivity contribution in [1.82, 2.24) is 15.3 Å². The average Bonchev–Trinajstić information content (AvgIpc) is 2.88. The van der Waals surface area contributed by atoms with Crippen molar-refractivity contribution in [1.29, 1.82) is 0 Å². The molecule has 0 aliphatic carbocycles. The fourth-order valence-corrected chi connectivity index (χ4v) is 3.84. The van der Waals surface area contributed by atoms with Gasteiger partial charge in [0.15, 0.2) is 29.7 Å². The number of aliphatic carboxylic acids is 1. The molecule has 0 aliphatic heterocycles. The molecule has 0 radical (unpaired) electrons. The van der Waals surface area contributed by atoms with E-state index in [2.05, 4.69) is 53.6 Å². The van der Waals surface area contributed by atoms with E-state index in [4.69, 9.17) is 9.47 Å². The third-order valence-electron chi connectivity index (χ3n) is 6.68. The Morgan fingerprint density at radius 2 is 1.43 bits per heavy atom. The zero-order valence-corrected chi connectivity index (χ0v) is 26.7. The largest absolute Gasteiger partial charge is 0.480 e. The topological polar surface area (TPSA) is 172 Å². The molecule has 1 aromatic heterocycles. The van der Waals surface area contributed by atoms with Crippen LogP contribution in [0.2, 0.25) is 0 Å². The summed E-state index contributed by atoms with van der Waals surface area (Å²) in [6.07, 6.45) is 4.48. The van der Waals surface area contributed by atoms with Gasteiger partial charge in [0, 0.05) is 26.3 Å². The summed E-state index contributed by atoms with van der Waals surface area (Å²) in [6.45, 7) is 17.8. The second kappa shape index (κ2) is 18.0. The minimum atomic E-state index is -1.53. The predicted molar refractivity (Wildman–Crippen MR) is 163 cm³/mol. The Labute approximate surface area is 250 Å². The molecular weight excluding hydrogens is 542 g/mol. The summed E-state index contributed by atoms with van der Waals surface area (Å²) in [5.41, 5.74) is -0.967. The van der Waals surface area contributed by atoms with E-state index in [0.717, 1.165) is 19.3 Å². The molecule has 0 aromatic carbocycles. The van der Waals surface area contributed by atoms with Gasteiger partial charge >= 0.3 is 5.97 Å². The van der Waals surface area contributed by atoms with Gasteiger partial charge in [-0.3, -0.25) is 9.59 Å². The van der Waals surface area contributed by atoms with E-state index in [9.17, 15) is 24.6 Å². The molecule has 1 unspecified atom stereocenters. The number of carboxylic acid groups (broad SMARTS) is 1. The quantitative estimate of drug-likeness (QED) is 0.0963. The van der Waals surface area contributed by atoms with Crippen LogP contribution in [-0.4, -0.2) is 88.5 Å². The van der Waals surface area contributed by atoms with E-state index in [1.54, 1.807) is 0 Å². The van der Waals surface area contributed by atoms with Crippen LogP contribution in [0, 0.1) is 11.8 Å². The molecule has 1 amide bonds. The number of carbonyl (C=O) groups excluding carboxylic acids is 2. The number of carbonyl (C=O) groups is 3. The Morgan fingerprint density at radius 3 is 1.93 bits per heavy atom. The summed E-state index contributed by atoms with van der Waals surface area (Å²) in [4.78, 5) is 45.1. The molecule has 42 heavy (non-hydrogen) atoms. The zero-order valence-electron chi connectivity index (χ0n) is 26.7. The number of hydrogen-bond acceptors (Lipinski definition) is 10. The summed E-state index contributed by atoms with van der Waals surface area (Å²) in [5, 5.41) is 27.1. The number of nitrogens with one attached hydrogen (secondary N) is 3. The normalized spacial score (nSPS) is 12.8. The second-order valence-electron chi connectivity index (χ2n) is 12.6. The number of amides is 1. The van der Waals surface area contributed by atoms with Crippen LogP contribution in [0.3, 0.4) is 0 Å². The highest BCUT2D eigenvalue weighted by Crippen LogP contribution is 2.22. The molecule has 12 heteroatoms. The molecule has 0 fully saturated rings. The summed E-state index contributed by atoms with van der Waals surface area (Å²) in [7, 11) is 0. The third kappa shape index (κ3) is 14.4. The Balaban J connectivity index is 3.05. The van der Waals surface area contributed by atoms with Crippen molar-refractivity contribution in [3.8, 4) is 0 Å². The van der Waals surface area contributed by atoms with Gasteiger partial charge in [-0.2, -0.15) is 0 Å². The van der Waals surface area contributed by atoms with Gasteiger partial charge in [0.1, 0.15) is 5.69 Å². The van der Waals surface area contributed by atoms with Crippen LogP contribution in [-0.2, 0) is 14.3 Å². The SMILES string of the molecule is CC(C)CCOC(C)(C)CCCNc1nc(C(=O)NC(CO)C(=O)O)c(NCCC(C)(C)OCCC(C)C)nc1C=O. The monoisotopic (exact) mass is 595 g/mol. The first kappa shape index (κ1) is 37.2. The van der Waals surface area contributed by atoms with Crippen LogP contribution >= 0.6 is 0 Å². The van der Waals surface area contributed by atoms with Gasteiger partial charge < -0.3 is 35.6 Å². The number of aliphatic hydroxyl groups is 1. The minimum Gasteiger partial charge on any atom is -0.480 e. The number of aromatic nitrogens is 2. The molecule has 0 aliphatic rings. The van der Waals surface area contributed by atoms with Crippen molar-refractivity contribution in [2.45, 2.75) is 105 Å². The molecule has 1 heterocycles. The second-order valence-corrected chi connectivity index (χ2v) is 12.6. The van der Waals surface area contributed by atoms with Crippen molar-refractivity contribution in [2.24, 2.45) is 11.8 Å². The number of nitrogens with zero attached hydrogens (tertiary/aromatic N) is 2. The first-order valence-electron chi connectivity index (χ1n) is 14.9. The standard InChI is InChI=1S/C30H53N5O7/c1-20(2)10-16-41-29(5,6)12-9-14-31-25-22(18-36)33-26(24(35-25)27(38)34-23(19-37)28(39)40)32-15-13-30(7,8)42-17-11-21(3)4/h18,20-21,23,37H,9-17,19H2,1-8H3,(H,31,35)(H,32,33)(H,34,38)(H,39,40). The van der Waals surface area contributed by atoms with Crippen LogP contribution in [0.1, 0.15) is 108 Å². The molecule has 0 spiro atoms. The molecule has 240 valence electrons. The molecule has 1 rings (SSSR count). The van der Waals surface area contributed by atoms with Gasteiger partial charge in [0.2, 0.25) is 0 Å². The highest BCUT2D eigenvalue weighted by molar-refractivity contribution is 6.00. The van der Waals surface area contributed by atoms with Crippen molar-refractivity contribution in [3.05, 3.63) is 11.4 Å². The maximum Gasteiger partial charge on any atom is 0.328 e. The first-order chi connectivity index (χ1) is 19.6. The zero-order chi connectivity index (χ0) is 31.9. The van der Waals surface area contributed by atoms with E-state index >= 15 is 0 Å². The van der Waals surface area contributed by atoms with Gasteiger partial charge in [-0.25, -0.2) is 14.8 Å². The van der Waals surface area contributed by atoms with Crippen LogP contribution in [0.4, 0.5) is 11.6 Å². The number of anilines is 2. The minimum absolute atomic E-state index is 0.00544. The summed E-state index contributed by atoms with van der Waals surface area (Å²) >= 11 is 0. The van der Waals surface area contributed by atoms with Crippen molar-refractivity contribution in [2.75, 3.05) is 43.5 Å². The van der Waals surface area contributed by atoms with Gasteiger partial charge in [0.25, 0.3) is 5.91 Å². The molecule has 0 saturated heterocycles. The lowest BCUT2D eigenvalue weighted by molar-refractivity contribution is -0.140. The van der Waals surface area contributed by atoms with Crippen molar-refractivity contribution >= 4 is 29.8 Å². The molecule has 1 atom stereocenters. The fourth-order valence-electron chi connectivity index (χ4n) is 3.84. The third-order valence-corrected chi connectivity index (χ3v) is 6.68. The van der Waals surface area contributed by atoms with Gasteiger partial charge in [-0.15, -0.1) is 0 Å². The van der Waals surface area contributed by atoms with Crippen LogP contribution in [0.5, 0.6) is 0 Å². The van der Waals surface area contributed by atoms with E-state index in [1.807, 2.05) is 27.7 Å². The summed E-state index contributed by atoms with van der Waals surface area (Å²) in [5.74, 6) is -1.03. The Morgan fingerprint density at radius 1 is 0.881 bits per heavy atom. The van der Waals surface area contributed by atoms with Gasteiger partial charge in [-0.1, -0.05) is 27.7 Å². The summed E-state index contributed by atoms with van der Waals surface area (Å²) < 4.78 is 12.0. The van der Waals surface area contributed by atoms with E-state index in [0.29, 0.717) is 57.3 Å². The number of aliphatic hydroxyl groups excluding tert-OH is 1. The van der Waals surface area contributed by atoms with Gasteiger partial charge in [-0.05, 0) is 71.6 Å². The molecule has 12 nitrogen and oxygen atoms in total. The Kier molecular flexibility index (Phi) is 15.9. The number of aldehydes is 1. The van der Waals surface area contributed by atoms with Crippen LogP contribution in [0.25, 0.3) is 0 Å².